The zero-order valence-corrected chi connectivity index (χ0v) is 13.0. The first-order valence-electron chi connectivity index (χ1n) is 7.62. The third-order valence-electron chi connectivity index (χ3n) is 4.37. The van der Waals surface area contributed by atoms with Gasteiger partial charge in [-0.1, -0.05) is 0 Å². The van der Waals surface area contributed by atoms with E-state index in [9.17, 15) is 4.79 Å². The summed E-state index contributed by atoms with van der Waals surface area (Å²) in [6.45, 7) is 4.03. The van der Waals surface area contributed by atoms with E-state index < -0.39 is 0 Å². The summed E-state index contributed by atoms with van der Waals surface area (Å²) < 4.78 is 0. The lowest BCUT2D eigenvalue weighted by atomic mass is 9.89. The molecule has 0 atom stereocenters. The summed E-state index contributed by atoms with van der Waals surface area (Å²) in [6, 6.07) is 3.83. The van der Waals surface area contributed by atoms with Crippen molar-refractivity contribution in [3.63, 3.8) is 0 Å². The number of hydrogen-bond donors (Lipinski definition) is 2. The predicted molar refractivity (Wildman–Crippen MR) is 85.1 cm³/mol. The van der Waals surface area contributed by atoms with Crippen molar-refractivity contribution in [3.05, 3.63) is 41.5 Å². The summed E-state index contributed by atoms with van der Waals surface area (Å²) in [7, 11) is 1.62. The van der Waals surface area contributed by atoms with Crippen LogP contribution in [0.3, 0.4) is 0 Å². The van der Waals surface area contributed by atoms with Gasteiger partial charge in [0.25, 0.3) is 5.91 Å². The number of aromatic nitrogens is 3. The maximum Gasteiger partial charge on any atom is 0.269 e. The first-order chi connectivity index (χ1) is 10.7. The van der Waals surface area contributed by atoms with Gasteiger partial charge in [0.05, 0.1) is 6.20 Å². The summed E-state index contributed by atoms with van der Waals surface area (Å²) in [6.07, 6.45) is 5.84. The third kappa shape index (κ3) is 2.81. The minimum absolute atomic E-state index is 0.147. The fraction of sp³-hybridized carbons (Fsp3) is 0.438. The first kappa shape index (κ1) is 14.6. The van der Waals surface area contributed by atoms with Crippen LogP contribution in [0.4, 0.5) is 5.69 Å². The van der Waals surface area contributed by atoms with Gasteiger partial charge in [0.1, 0.15) is 5.69 Å². The van der Waals surface area contributed by atoms with E-state index in [4.69, 9.17) is 0 Å². The van der Waals surface area contributed by atoms with Gasteiger partial charge < -0.3 is 10.2 Å². The van der Waals surface area contributed by atoms with Gasteiger partial charge >= 0.3 is 0 Å². The highest BCUT2D eigenvalue weighted by atomic mass is 16.1. The maximum absolute atomic E-state index is 11.7. The molecule has 2 aromatic rings. The van der Waals surface area contributed by atoms with Crippen molar-refractivity contribution < 1.29 is 4.79 Å². The van der Waals surface area contributed by atoms with Crippen molar-refractivity contribution >= 4 is 11.6 Å². The molecule has 0 aliphatic carbocycles. The lowest BCUT2D eigenvalue weighted by molar-refractivity contribution is 0.0958. The van der Waals surface area contributed by atoms with E-state index >= 15 is 0 Å². The van der Waals surface area contributed by atoms with Gasteiger partial charge in [-0.3, -0.25) is 14.9 Å². The monoisotopic (exact) mass is 299 g/mol. The normalized spacial score (nSPS) is 15.8. The number of carbonyl (C=O) groups excluding carboxylic acids is 1. The number of piperidine rings is 1. The molecule has 1 amide bonds. The number of aromatic amines is 1. The van der Waals surface area contributed by atoms with Crippen LogP contribution < -0.4 is 10.2 Å². The minimum Gasteiger partial charge on any atom is -0.371 e. The number of carbonyl (C=O) groups is 1. The van der Waals surface area contributed by atoms with Gasteiger partial charge in [-0.2, -0.15) is 5.10 Å². The summed E-state index contributed by atoms with van der Waals surface area (Å²) in [5, 5.41) is 9.75. The Hall–Kier alpha value is -2.37. The fourth-order valence-electron chi connectivity index (χ4n) is 3.09. The number of nitrogens with one attached hydrogen (secondary N) is 2. The number of amides is 1. The number of pyridine rings is 1. The lowest BCUT2D eigenvalue weighted by Crippen LogP contribution is -2.33. The summed E-state index contributed by atoms with van der Waals surface area (Å²) in [5.41, 5.74) is 4.04. The summed E-state index contributed by atoms with van der Waals surface area (Å²) >= 11 is 0. The Morgan fingerprint density at radius 2 is 2.18 bits per heavy atom. The van der Waals surface area contributed by atoms with E-state index in [-0.39, 0.29) is 5.91 Å². The van der Waals surface area contributed by atoms with Gasteiger partial charge in [0, 0.05) is 37.7 Å². The highest BCUT2D eigenvalue weighted by molar-refractivity contribution is 5.92. The molecule has 0 saturated carbocycles. The number of H-pyrrole nitrogens is 1. The standard InChI is InChI=1S/C16H21N5O/c1-11-14(10-19-20-11)12-4-7-21(8-5-12)13-3-6-18-15(9-13)16(22)17-2/h3,6,9-10,12H,4-5,7-8H2,1-2H3,(H,17,22)(H,19,20). The molecule has 1 saturated heterocycles. The van der Waals surface area contributed by atoms with Crippen LogP contribution in [0.2, 0.25) is 0 Å². The molecular formula is C16H21N5O. The van der Waals surface area contributed by atoms with Crippen molar-refractivity contribution in [1.82, 2.24) is 20.5 Å². The minimum atomic E-state index is -0.147. The smallest absolute Gasteiger partial charge is 0.269 e. The zero-order chi connectivity index (χ0) is 15.5. The second-order valence-electron chi connectivity index (χ2n) is 5.69. The van der Waals surface area contributed by atoms with Crippen molar-refractivity contribution in [2.75, 3.05) is 25.0 Å². The molecule has 3 rings (SSSR count). The van der Waals surface area contributed by atoms with Gasteiger partial charge in [0.15, 0.2) is 0 Å². The van der Waals surface area contributed by atoms with E-state index in [0.29, 0.717) is 11.6 Å². The molecule has 0 bridgehead atoms. The van der Waals surface area contributed by atoms with Crippen LogP contribution in [0.1, 0.15) is 40.5 Å². The molecule has 0 spiro atoms. The number of hydrogen-bond acceptors (Lipinski definition) is 4. The summed E-state index contributed by atoms with van der Waals surface area (Å²) in [5.74, 6) is 0.418. The molecule has 1 aliphatic heterocycles. The number of anilines is 1. The molecule has 22 heavy (non-hydrogen) atoms. The molecule has 6 nitrogen and oxygen atoms in total. The van der Waals surface area contributed by atoms with E-state index in [0.717, 1.165) is 31.6 Å². The van der Waals surface area contributed by atoms with Gasteiger partial charge in [-0.05, 0) is 43.4 Å². The van der Waals surface area contributed by atoms with Crippen molar-refractivity contribution in [2.24, 2.45) is 0 Å². The van der Waals surface area contributed by atoms with E-state index in [1.165, 1.54) is 11.3 Å². The lowest BCUT2D eigenvalue weighted by Gasteiger charge is -2.33. The molecule has 1 aliphatic rings. The molecule has 0 aromatic carbocycles. The molecule has 0 radical (unpaired) electrons. The first-order valence-corrected chi connectivity index (χ1v) is 7.62. The maximum atomic E-state index is 11.7. The average Bonchev–Trinajstić information content (AvgIpc) is 3.00. The highest BCUT2D eigenvalue weighted by Gasteiger charge is 2.23. The Bertz CT molecular complexity index is 658. The topological polar surface area (TPSA) is 73.9 Å². The second kappa shape index (κ2) is 6.17. The van der Waals surface area contributed by atoms with Gasteiger partial charge in [-0.25, -0.2) is 0 Å². The molecule has 6 heteroatoms. The van der Waals surface area contributed by atoms with E-state index in [1.807, 2.05) is 18.3 Å². The van der Waals surface area contributed by atoms with Crippen LogP contribution in [-0.4, -0.2) is 41.2 Å². The van der Waals surface area contributed by atoms with Crippen LogP contribution in [0, 0.1) is 6.92 Å². The highest BCUT2D eigenvalue weighted by Crippen LogP contribution is 2.31. The Balaban J connectivity index is 1.69. The average molecular weight is 299 g/mol. The number of aryl methyl sites for hydroxylation is 1. The van der Waals surface area contributed by atoms with Crippen molar-refractivity contribution in [1.29, 1.82) is 0 Å². The molecule has 0 unspecified atom stereocenters. The molecule has 1 fully saturated rings. The Kier molecular flexibility index (Phi) is 4.09. The fourth-order valence-corrected chi connectivity index (χ4v) is 3.09. The van der Waals surface area contributed by atoms with Crippen LogP contribution in [0.15, 0.2) is 24.5 Å². The molecule has 116 valence electrons. The zero-order valence-electron chi connectivity index (χ0n) is 13.0. The second-order valence-corrected chi connectivity index (χ2v) is 5.69. The summed E-state index contributed by atoms with van der Waals surface area (Å²) in [4.78, 5) is 18.1. The third-order valence-corrected chi connectivity index (χ3v) is 4.37. The quantitative estimate of drug-likeness (QED) is 0.907. The Morgan fingerprint density at radius 1 is 1.41 bits per heavy atom. The number of rotatable bonds is 3. The van der Waals surface area contributed by atoms with Crippen LogP contribution in [0.25, 0.3) is 0 Å². The van der Waals surface area contributed by atoms with Crippen molar-refractivity contribution in [2.45, 2.75) is 25.7 Å². The van der Waals surface area contributed by atoms with Gasteiger partial charge in [-0.15, -0.1) is 0 Å². The van der Waals surface area contributed by atoms with Gasteiger partial charge in [0.2, 0.25) is 0 Å². The Labute approximate surface area is 129 Å². The SMILES string of the molecule is CNC(=O)c1cc(N2CCC(c3cn[nH]c3C)CC2)ccn1. The van der Waals surface area contributed by atoms with Crippen molar-refractivity contribution in [3.8, 4) is 0 Å². The van der Waals surface area contributed by atoms with Crippen LogP contribution in [-0.2, 0) is 0 Å². The van der Waals surface area contributed by atoms with E-state index in [1.54, 1.807) is 13.2 Å². The predicted octanol–water partition coefficient (Wildman–Crippen LogP) is 1.86. The van der Waals surface area contributed by atoms with E-state index in [2.05, 4.69) is 32.3 Å². The van der Waals surface area contributed by atoms with Crippen LogP contribution >= 0.6 is 0 Å². The molecular weight excluding hydrogens is 278 g/mol. The number of nitrogens with zero attached hydrogens (tertiary/aromatic N) is 3. The molecule has 2 N–H and O–H groups in total. The molecule has 2 aromatic heterocycles. The largest absolute Gasteiger partial charge is 0.371 e. The Morgan fingerprint density at radius 3 is 2.82 bits per heavy atom. The van der Waals surface area contributed by atoms with Crippen LogP contribution in [0.5, 0.6) is 0 Å². The molecule has 3 heterocycles.